The molecule has 0 aliphatic carbocycles. The van der Waals surface area contributed by atoms with Crippen LogP contribution in [0.5, 0.6) is 0 Å². The molecule has 0 atom stereocenters. The summed E-state index contributed by atoms with van der Waals surface area (Å²) >= 11 is 0. The molecule has 2 aliphatic rings. The topological polar surface area (TPSA) is 41.6 Å². The summed E-state index contributed by atoms with van der Waals surface area (Å²) in [6.07, 6.45) is 7.74. The number of carbonyl (C=O) groups is 1. The van der Waals surface area contributed by atoms with Crippen LogP contribution in [0, 0.1) is 10.8 Å². The van der Waals surface area contributed by atoms with Gasteiger partial charge in [-0.15, -0.1) is 0 Å². The van der Waals surface area contributed by atoms with Crippen molar-refractivity contribution in [2.24, 2.45) is 10.8 Å². The molecule has 1 spiro atoms. The van der Waals surface area contributed by atoms with E-state index in [4.69, 9.17) is 4.74 Å². The molecule has 23 heavy (non-hydrogen) atoms. The zero-order valence-electron chi connectivity index (χ0n) is 15.5. The highest BCUT2D eigenvalue weighted by Gasteiger charge is 2.36. The largest absolute Gasteiger partial charge is 0.381 e. The van der Waals surface area contributed by atoms with Gasteiger partial charge in [0.25, 0.3) is 0 Å². The molecule has 1 amide bonds. The second-order valence-electron chi connectivity index (χ2n) is 8.66. The van der Waals surface area contributed by atoms with Crippen LogP contribution < -0.4 is 5.32 Å². The molecule has 0 aromatic heterocycles. The van der Waals surface area contributed by atoms with Gasteiger partial charge in [-0.2, -0.15) is 0 Å². The number of hydrogen-bond donors (Lipinski definition) is 1. The second kappa shape index (κ2) is 8.48. The van der Waals surface area contributed by atoms with E-state index in [0.717, 1.165) is 39.2 Å². The van der Waals surface area contributed by atoms with Crippen molar-refractivity contribution in [2.45, 2.75) is 65.7 Å². The predicted octanol–water partition coefficient (Wildman–Crippen LogP) is 3.21. The van der Waals surface area contributed by atoms with Crippen LogP contribution in [-0.2, 0) is 9.53 Å². The average Bonchev–Trinajstić information content (AvgIpc) is 2.51. The van der Waals surface area contributed by atoms with E-state index in [1.165, 1.54) is 32.1 Å². The van der Waals surface area contributed by atoms with Gasteiger partial charge in [-0.1, -0.05) is 20.8 Å². The third kappa shape index (κ3) is 6.42. The molecule has 4 heteroatoms. The van der Waals surface area contributed by atoms with Crippen LogP contribution in [0.3, 0.4) is 0 Å². The summed E-state index contributed by atoms with van der Waals surface area (Å²) in [6.45, 7) is 12.3. The third-order valence-corrected chi connectivity index (χ3v) is 5.52. The van der Waals surface area contributed by atoms with Crippen LogP contribution >= 0.6 is 0 Å². The van der Waals surface area contributed by atoms with E-state index >= 15 is 0 Å². The summed E-state index contributed by atoms with van der Waals surface area (Å²) in [5.74, 6) is 0.282. The highest BCUT2D eigenvalue weighted by molar-refractivity contribution is 5.76. The Bertz CT molecular complexity index is 360. The molecule has 4 nitrogen and oxygen atoms in total. The summed E-state index contributed by atoms with van der Waals surface area (Å²) in [6, 6.07) is 0. The average molecular weight is 325 g/mol. The van der Waals surface area contributed by atoms with Crippen LogP contribution in [-0.4, -0.2) is 50.2 Å². The number of rotatable bonds is 6. The number of carbonyl (C=O) groups excluding carboxylic acids is 1. The van der Waals surface area contributed by atoms with Crippen molar-refractivity contribution >= 4 is 5.91 Å². The number of nitrogens with zero attached hydrogens (tertiary/aromatic N) is 1. The van der Waals surface area contributed by atoms with Gasteiger partial charge in [-0.05, 0) is 62.4 Å². The standard InChI is InChI=1S/C19H36N2O2/c1-18(2,3)6-4-15-23-16-5-17(22)21-13-9-19(10-14-21)7-11-20-12-8-19/h20H,4-16H2,1-3H3. The van der Waals surface area contributed by atoms with E-state index in [2.05, 4.69) is 31.0 Å². The van der Waals surface area contributed by atoms with Crippen molar-refractivity contribution in [2.75, 3.05) is 39.4 Å². The lowest BCUT2D eigenvalue weighted by Gasteiger charge is -2.44. The van der Waals surface area contributed by atoms with E-state index < -0.39 is 0 Å². The van der Waals surface area contributed by atoms with Crippen molar-refractivity contribution < 1.29 is 9.53 Å². The molecule has 1 N–H and O–H groups in total. The second-order valence-corrected chi connectivity index (χ2v) is 8.66. The molecule has 0 aromatic rings. The minimum Gasteiger partial charge on any atom is -0.381 e. The molecule has 0 radical (unpaired) electrons. The predicted molar refractivity (Wildman–Crippen MR) is 94.5 cm³/mol. The molecule has 0 aromatic carbocycles. The molecule has 2 heterocycles. The summed E-state index contributed by atoms with van der Waals surface area (Å²) in [4.78, 5) is 14.4. The maximum absolute atomic E-state index is 12.3. The molecular formula is C19H36N2O2. The lowest BCUT2D eigenvalue weighted by atomic mass is 9.71. The zero-order valence-corrected chi connectivity index (χ0v) is 15.5. The Hall–Kier alpha value is -0.610. The summed E-state index contributed by atoms with van der Waals surface area (Å²) < 4.78 is 5.64. The fourth-order valence-electron chi connectivity index (χ4n) is 3.81. The fourth-order valence-corrected chi connectivity index (χ4v) is 3.81. The maximum Gasteiger partial charge on any atom is 0.224 e. The van der Waals surface area contributed by atoms with Crippen molar-refractivity contribution in [3.05, 3.63) is 0 Å². The quantitative estimate of drug-likeness (QED) is 0.763. The molecule has 2 saturated heterocycles. The molecule has 2 fully saturated rings. The molecule has 2 rings (SSSR count). The number of amides is 1. The SMILES string of the molecule is CC(C)(C)CCCOCCC(=O)N1CCC2(CCNCC2)CC1. The zero-order chi connectivity index (χ0) is 16.8. The van der Waals surface area contributed by atoms with Gasteiger partial charge in [0.2, 0.25) is 5.91 Å². The first-order valence-electron chi connectivity index (χ1n) is 9.47. The van der Waals surface area contributed by atoms with Gasteiger partial charge >= 0.3 is 0 Å². The van der Waals surface area contributed by atoms with Crippen molar-refractivity contribution in [3.8, 4) is 0 Å². The fraction of sp³-hybridized carbons (Fsp3) is 0.947. The van der Waals surface area contributed by atoms with Gasteiger partial charge in [-0.3, -0.25) is 4.79 Å². The Balaban J connectivity index is 1.56. The summed E-state index contributed by atoms with van der Waals surface area (Å²) in [5, 5.41) is 3.45. The Kier molecular flexibility index (Phi) is 6.90. The summed E-state index contributed by atoms with van der Waals surface area (Å²) in [5.41, 5.74) is 0.892. The van der Waals surface area contributed by atoms with Crippen LogP contribution in [0.25, 0.3) is 0 Å². The first-order valence-corrected chi connectivity index (χ1v) is 9.47. The number of nitrogens with one attached hydrogen (secondary N) is 1. The number of ether oxygens (including phenoxy) is 1. The van der Waals surface area contributed by atoms with Crippen LogP contribution in [0.2, 0.25) is 0 Å². The van der Waals surface area contributed by atoms with E-state index in [0.29, 0.717) is 23.9 Å². The van der Waals surface area contributed by atoms with E-state index in [1.54, 1.807) is 0 Å². The Labute approximate surface area is 142 Å². The monoisotopic (exact) mass is 324 g/mol. The normalized spacial score (nSPS) is 21.6. The van der Waals surface area contributed by atoms with Gasteiger partial charge in [-0.25, -0.2) is 0 Å². The van der Waals surface area contributed by atoms with Crippen molar-refractivity contribution in [1.29, 1.82) is 0 Å². The molecule has 0 bridgehead atoms. The highest BCUT2D eigenvalue weighted by atomic mass is 16.5. The van der Waals surface area contributed by atoms with Gasteiger partial charge in [0, 0.05) is 19.7 Å². The summed E-state index contributed by atoms with van der Waals surface area (Å²) in [7, 11) is 0. The molecule has 2 aliphatic heterocycles. The van der Waals surface area contributed by atoms with Gasteiger partial charge < -0.3 is 15.0 Å². The molecule has 0 unspecified atom stereocenters. The van der Waals surface area contributed by atoms with Gasteiger partial charge in [0.05, 0.1) is 13.0 Å². The minimum atomic E-state index is 0.282. The molecular weight excluding hydrogens is 288 g/mol. The van der Waals surface area contributed by atoms with Crippen LogP contribution in [0.4, 0.5) is 0 Å². The maximum atomic E-state index is 12.3. The minimum absolute atomic E-state index is 0.282. The Morgan fingerprint density at radius 2 is 1.74 bits per heavy atom. The number of likely N-dealkylation sites (tertiary alicyclic amines) is 1. The van der Waals surface area contributed by atoms with E-state index in [-0.39, 0.29) is 5.91 Å². The van der Waals surface area contributed by atoms with Crippen LogP contribution in [0.1, 0.15) is 65.7 Å². The Morgan fingerprint density at radius 1 is 1.09 bits per heavy atom. The van der Waals surface area contributed by atoms with Gasteiger partial charge in [0.15, 0.2) is 0 Å². The first kappa shape index (κ1) is 18.7. The highest BCUT2D eigenvalue weighted by Crippen LogP contribution is 2.39. The third-order valence-electron chi connectivity index (χ3n) is 5.52. The van der Waals surface area contributed by atoms with Crippen LogP contribution in [0.15, 0.2) is 0 Å². The lowest BCUT2D eigenvalue weighted by molar-refractivity contribution is -0.135. The molecule has 134 valence electrons. The Morgan fingerprint density at radius 3 is 2.35 bits per heavy atom. The molecule has 0 saturated carbocycles. The number of hydrogen-bond acceptors (Lipinski definition) is 3. The first-order chi connectivity index (χ1) is 10.9. The number of piperidine rings is 2. The van der Waals surface area contributed by atoms with E-state index in [9.17, 15) is 4.79 Å². The smallest absolute Gasteiger partial charge is 0.224 e. The van der Waals surface area contributed by atoms with Crippen molar-refractivity contribution in [1.82, 2.24) is 10.2 Å². The lowest BCUT2D eigenvalue weighted by Crippen LogP contribution is -2.47. The van der Waals surface area contributed by atoms with E-state index in [1.807, 2.05) is 0 Å². The van der Waals surface area contributed by atoms with Gasteiger partial charge in [0.1, 0.15) is 0 Å². The van der Waals surface area contributed by atoms with Crippen molar-refractivity contribution in [3.63, 3.8) is 0 Å².